The summed E-state index contributed by atoms with van der Waals surface area (Å²) in [5.74, 6) is 2.81. The third kappa shape index (κ3) is 7.63. The van der Waals surface area contributed by atoms with Gasteiger partial charge < -0.3 is 10.2 Å². The Morgan fingerprint density at radius 3 is 2.35 bits per heavy atom. The van der Waals surface area contributed by atoms with Gasteiger partial charge in [0.1, 0.15) is 5.75 Å². The van der Waals surface area contributed by atoms with Crippen LogP contribution in [0, 0.1) is 23.2 Å². The monoisotopic (exact) mass is 566 g/mol. The van der Waals surface area contributed by atoms with Crippen molar-refractivity contribution < 1.29 is 27.8 Å². The second-order valence-corrected chi connectivity index (χ2v) is 13.2. The fourth-order valence-electron chi connectivity index (χ4n) is 8.40. The van der Waals surface area contributed by atoms with Gasteiger partial charge in [0.15, 0.2) is 6.17 Å². The van der Waals surface area contributed by atoms with E-state index in [1.807, 2.05) is 24.3 Å². The van der Waals surface area contributed by atoms with Crippen molar-refractivity contribution in [3.8, 4) is 5.75 Å². The van der Waals surface area contributed by atoms with Crippen molar-refractivity contribution in [2.75, 3.05) is 0 Å². The first-order valence-corrected chi connectivity index (χ1v) is 16.0. The van der Waals surface area contributed by atoms with E-state index in [2.05, 4.69) is 13.0 Å². The van der Waals surface area contributed by atoms with Crippen molar-refractivity contribution >= 4 is 0 Å². The predicted molar refractivity (Wildman–Crippen MR) is 153 cm³/mol. The van der Waals surface area contributed by atoms with E-state index in [0.717, 1.165) is 44.9 Å². The van der Waals surface area contributed by atoms with Crippen molar-refractivity contribution in [3.63, 3.8) is 0 Å². The minimum absolute atomic E-state index is 0.0631. The third-order valence-electron chi connectivity index (χ3n) is 10.6. The molecule has 4 rings (SSSR count). The standard InChI is InChI=1S/C34H50F4O2/c1-33-21-20-28-27-17-16-26(39)23-25(27)22-24(32(28)29(33)18-19-31(33)40)14-12-10-8-6-4-2-3-5-7-9-11-13-15-30(35)34(36,37)38/h7,9,16-17,23-24,28-32,39-40H,2-6,8,10-15,18-22H2,1H3/b9-7-/t24?,28-,29+,30?,31+,32-,33+/m1/s1. The summed E-state index contributed by atoms with van der Waals surface area (Å²) in [6, 6.07) is 6.02. The Balaban J connectivity index is 1.13. The lowest BCUT2D eigenvalue weighted by atomic mass is 9.52. The second kappa shape index (κ2) is 14.1. The number of aliphatic hydroxyl groups excluding tert-OH is 1. The zero-order chi connectivity index (χ0) is 28.8. The van der Waals surface area contributed by atoms with Gasteiger partial charge in [0.25, 0.3) is 0 Å². The number of halogens is 4. The maximum atomic E-state index is 12.9. The second-order valence-electron chi connectivity index (χ2n) is 13.2. The molecule has 2 saturated carbocycles. The van der Waals surface area contributed by atoms with Gasteiger partial charge in [-0.3, -0.25) is 0 Å². The Morgan fingerprint density at radius 1 is 0.950 bits per heavy atom. The molecule has 0 saturated heterocycles. The Kier molecular flexibility index (Phi) is 11.0. The van der Waals surface area contributed by atoms with Crippen LogP contribution in [-0.2, 0) is 6.42 Å². The van der Waals surface area contributed by atoms with E-state index in [9.17, 15) is 27.8 Å². The van der Waals surface area contributed by atoms with Crippen LogP contribution in [-0.4, -0.2) is 28.7 Å². The van der Waals surface area contributed by atoms with Crippen LogP contribution in [0.1, 0.15) is 127 Å². The van der Waals surface area contributed by atoms with Gasteiger partial charge in [-0.1, -0.05) is 63.7 Å². The molecule has 1 aromatic rings. The van der Waals surface area contributed by atoms with Gasteiger partial charge in [0.05, 0.1) is 6.10 Å². The SMILES string of the molecule is C[C@]12CC[C@@H]3c4ccc(O)cc4CC(CCCCCCCCC/C=C\CCCC(F)C(F)(F)F)[C@H]3[C@@H]1CC[C@@H]2O. The molecule has 0 bridgehead atoms. The molecule has 0 aromatic heterocycles. The molecule has 1 aromatic carbocycles. The van der Waals surface area contributed by atoms with Crippen molar-refractivity contribution in [1.29, 1.82) is 0 Å². The highest BCUT2D eigenvalue weighted by molar-refractivity contribution is 5.40. The topological polar surface area (TPSA) is 40.5 Å². The molecule has 2 nitrogen and oxygen atoms in total. The summed E-state index contributed by atoms with van der Waals surface area (Å²) in [5.41, 5.74) is 2.86. The number of alkyl halides is 4. The van der Waals surface area contributed by atoms with Gasteiger partial charge in [0, 0.05) is 0 Å². The molecule has 0 amide bonds. The molecule has 2 unspecified atom stereocenters. The zero-order valence-corrected chi connectivity index (χ0v) is 24.3. The Bertz CT molecular complexity index is 960. The van der Waals surface area contributed by atoms with Gasteiger partial charge in [-0.25, -0.2) is 4.39 Å². The molecule has 2 fully saturated rings. The molecular formula is C34H50F4O2. The van der Waals surface area contributed by atoms with E-state index >= 15 is 0 Å². The van der Waals surface area contributed by atoms with Crippen LogP contribution in [0.3, 0.4) is 0 Å². The first-order chi connectivity index (χ1) is 19.1. The van der Waals surface area contributed by atoms with Crippen molar-refractivity contribution in [3.05, 3.63) is 41.5 Å². The maximum absolute atomic E-state index is 12.9. The highest BCUT2D eigenvalue weighted by atomic mass is 19.4. The molecule has 0 spiro atoms. The number of hydrogen-bond acceptors (Lipinski definition) is 2. The molecule has 7 atom stereocenters. The number of rotatable bonds is 14. The molecule has 226 valence electrons. The number of allylic oxidation sites excluding steroid dienone is 2. The minimum Gasteiger partial charge on any atom is -0.508 e. The van der Waals surface area contributed by atoms with Crippen molar-refractivity contribution in [2.24, 2.45) is 23.2 Å². The number of benzene rings is 1. The lowest BCUT2D eigenvalue weighted by Crippen LogP contribution is -2.47. The van der Waals surface area contributed by atoms with E-state index in [1.165, 1.54) is 56.1 Å². The molecule has 3 aliphatic carbocycles. The quantitative estimate of drug-likeness (QED) is 0.134. The average molecular weight is 567 g/mol. The first kappa shape index (κ1) is 31.4. The smallest absolute Gasteiger partial charge is 0.419 e. The number of phenols is 1. The van der Waals surface area contributed by atoms with Crippen LogP contribution >= 0.6 is 0 Å². The van der Waals surface area contributed by atoms with Crippen molar-refractivity contribution in [2.45, 2.75) is 140 Å². The van der Waals surface area contributed by atoms with E-state index in [4.69, 9.17) is 0 Å². The third-order valence-corrected chi connectivity index (χ3v) is 10.6. The molecule has 6 heteroatoms. The summed E-state index contributed by atoms with van der Waals surface area (Å²) >= 11 is 0. The van der Waals surface area contributed by atoms with E-state index in [0.29, 0.717) is 35.8 Å². The van der Waals surface area contributed by atoms with Crippen molar-refractivity contribution in [1.82, 2.24) is 0 Å². The Hall–Kier alpha value is -1.56. The molecule has 2 N–H and O–H groups in total. The van der Waals surface area contributed by atoms with Gasteiger partial charge >= 0.3 is 6.18 Å². The largest absolute Gasteiger partial charge is 0.508 e. The first-order valence-electron chi connectivity index (χ1n) is 16.0. The maximum Gasteiger partial charge on any atom is 0.419 e. The highest BCUT2D eigenvalue weighted by Crippen LogP contribution is 2.62. The summed E-state index contributed by atoms with van der Waals surface area (Å²) in [6.07, 6.45) is 12.6. The van der Waals surface area contributed by atoms with Crippen LogP contribution in [0.2, 0.25) is 0 Å². The number of hydrogen-bond donors (Lipinski definition) is 2. The fourth-order valence-corrected chi connectivity index (χ4v) is 8.40. The van der Waals surface area contributed by atoms with Gasteiger partial charge in [0.2, 0.25) is 0 Å². The average Bonchev–Trinajstić information content (AvgIpc) is 3.21. The molecule has 0 radical (unpaired) electrons. The van der Waals surface area contributed by atoms with Gasteiger partial charge in [-0.15, -0.1) is 0 Å². The summed E-state index contributed by atoms with van der Waals surface area (Å²) in [5, 5.41) is 21.0. The van der Waals surface area contributed by atoms with Crippen LogP contribution in [0.15, 0.2) is 30.4 Å². The van der Waals surface area contributed by atoms with Crippen LogP contribution in [0.4, 0.5) is 17.6 Å². The summed E-state index contributed by atoms with van der Waals surface area (Å²) in [4.78, 5) is 0. The highest BCUT2D eigenvalue weighted by Gasteiger charge is 2.56. The molecule has 0 aliphatic heterocycles. The number of aromatic hydroxyl groups is 1. The number of unbranched alkanes of at least 4 members (excludes halogenated alkanes) is 8. The van der Waals surface area contributed by atoms with Gasteiger partial charge in [-0.2, -0.15) is 13.2 Å². The molecule has 3 aliphatic rings. The van der Waals surface area contributed by atoms with Crippen LogP contribution in [0.25, 0.3) is 0 Å². The molecule has 0 heterocycles. The molecular weight excluding hydrogens is 516 g/mol. The molecule has 40 heavy (non-hydrogen) atoms. The summed E-state index contributed by atoms with van der Waals surface area (Å²) < 4.78 is 49.4. The van der Waals surface area contributed by atoms with E-state index < -0.39 is 18.8 Å². The summed E-state index contributed by atoms with van der Waals surface area (Å²) in [7, 11) is 0. The Morgan fingerprint density at radius 2 is 1.62 bits per heavy atom. The minimum atomic E-state index is -4.72. The van der Waals surface area contributed by atoms with Crippen LogP contribution < -0.4 is 0 Å². The predicted octanol–water partition coefficient (Wildman–Crippen LogP) is 9.97. The number of phenolic OH excluding ortho intramolecular Hbond substituents is 1. The lowest BCUT2D eigenvalue weighted by molar-refractivity contribution is -0.182. The van der Waals surface area contributed by atoms with E-state index in [1.54, 1.807) is 0 Å². The summed E-state index contributed by atoms with van der Waals surface area (Å²) in [6.45, 7) is 2.34. The normalized spacial score (nSPS) is 30.7. The lowest BCUT2D eigenvalue weighted by Gasteiger charge is -2.53. The Labute approximate surface area is 238 Å². The van der Waals surface area contributed by atoms with E-state index in [-0.39, 0.29) is 17.9 Å². The fraction of sp³-hybridized carbons (Fsp3) is 0.765. The van der Waals surface area contributed by atoms with Crippen LogP contribution in [0.5, 0.6) is 5.75 Å². The number of fused-ring (bicyclic) bond motifs is 5. The van der Waals surface area contributed by atoms with Gasteiger partial charge in [-0.05, 0) is 123 Å². The zero-order valence-electron chi connectivity index (χ0n) is 24.3. The number of aliphatic hydroxyl groups is 1.